The number of benzene rings is 1. The van der Waals surface area contributed by atoms with Crippen LogP contribution in [0.5, 0.6) is 11.5 Å². The van der Waals surface area contributed by atoms with E-state index >= 15 is 0 Å². The molecule has 1 fully saturated rings. The second kappa shape index (κ2) is 10.1. The molecule has 148 valence electrons. The third-order valence-electron chi connectivity index (χ3n) is 4.51. The standard InChI is InChI=1S/C18H25N5O3.ClH/c1-13-17(21-22-23(13)14-7-9-19-10-8-14)18(24)20-11-12-26-16-5-3-15(25-2)4-6-16;/h3-6,14,19H,7-12H2,1-2H3,(H,20,24);1H. The molecular weight excluding hydrogens is 370 g/mol. The number of nitrogens with one attached hydrogen (secondary N) is 2. The summed E-state index contributed by atoms with van der Waals surface area (Å²) < 4.78 is 12.6. The normalized spacial score (nSPS) is 14.3. The number of ether oxygens (including phenoxy) is 2. The van der Waals surface area contributed by atoms with E-state index in [2.05, 4.69) is 20.9 Å². The lowest BCUT2D eigenvalue weighted by molar-refractivity contribution is 0.0941. The van der Waals surface area contributed by atoms with E-state index in [-0.39, 0.29) is 18.3 Å². The lowest BCUT2D eigenvalue weighted by Crippen LogP contribution is -2.31. The number of amides is 1. The maximum atomic E-state index is 12.3. The van der Waals surface area contributed by atoms with E-state index in [1.807, 2.05) is 35.9 Å². The van der Waals surface area contributed by atoms with Crippen LogP contribution in [0.1, 0.15) is 35.1 Å². The van der Waals surface area contributed by atoms with Gasteiger partial charge in [0.15, 0.2) is 5.69 Å². The van der Waals surface area contributed by atoms with E-state index in [0.29, 0.717) is 24.9 Å². The average molecular weight is 396 g/mol. The van der Waals surface area contributed by atoms with Gasteiger partial charge in [-0.05, 0) is 57.1 Å². The first-order chi connectivity index (χ1) is 12.7. The van der Waals surface area contributed by atoms with E-state index < -0.39 is 0 Å². The van der Waals surface area contributed by atoms with Gasteiger partial charge in [0.05, 0.1) is 25.4 Å². The van der Waals surface area contributed by atoms with Gasteiger partial charge in [0.2, 0.25) is 0 Å². The molecule has 0 radical (unpaired) electrons. The average Bonchev–Trinajstić information content (AvgIpc) is 3.07. The highest BCUT2D eigenvalue weighted by molar-refractivity contribution is 5.93. The van der Waals surface area contributed by atoms with Gasteiger partial charge in [-0.15, -0.1) is 17.5 Å². The van der Waals surface area contributed by atoms with Crippen LogP contribution in [-0.4, -0.2) is 54.3 Å². The summed E-state index contributed by atoms with van der Waals surface area (Å²) >= 11 is 0. The highest BCUT2D eigenvalue weighted by atomic mass is 35.5. The molecule has 0 spiro atoms. The van der Waals surface area contributed by atoms with Gasteiger partial charge >= 0.3 is 0 Å². The first kappa shape index (κ1) is 21.0. The molecule has 1 aliphatic heterocycles. The minimum Gasteiger partial charge on any atom is -0.497 e. The summed E-state index contributed by atoms with van der Waals surface area (Å²) in [6.45, 7) is 4.59. The number of aromatic nitrogens is 3. The molecule has 3 rings (SSSR count). The van der Waals surface area contributed by atoms with E-state index in [4.69, 9.17) is 9.47 Å². The van der Waals surface area contributed by atoms with Gasteiger partial charge in [-0.25, -0.2) is 4.68 Å². The highest BCUT2D eigenvalue weighted by Gasteiger charge is 2.22. The summed E-state index contributed by atoms with van der Waals surface area (Å²) in [4.78, 5) is 12.3. The van der Waals surface area contributed by atoms with Crippen molar-refractivity contribution in [3.8, 4) is 11.5 Å². The maximum absolute atomic E-state index is 12.3. The van der Waals surface area contributed by atoms with Crippen LogP contribution in [0.25, 0.3) is 0 Å². The highest BCUT2D eigenvalue weighted by Crippen LogP contribution is 2.20. The summed E-state index contributed by atoms with van der Waals surface area (Å²) in [6, 6.07) is 7.63. The molecule has 0 saturated carbocycles. The Balaban J connectivity index is 0.00000261. The van der Waals surface area contributed by atoms with Crippen LogP contribution in [0, 0.1) is 6.92 Å². The zero-order chi connectivity index (χ0) is 18.4. The molecule has 2 N–H and O–H groups in total. The molecule has 1 amide bonds. The van der Waals surface area contributed by atoms with Crippen molar-refractivity contribution in [3.05, 3.63) is 35.7 Å². The fourth-order valence-corrected chi connectivity index (χ4v) is 3.04. The molecular formula is C18H26ClN5O3. The Morgan fingerprint density at radius 3 is 2.59 bits per heavy atom. The minimum absolute atomic E-state index is 0. The number of piperidine rings is 1. The Morgan fingerprint density at radius 1 is 1.26 bits per heavy atom. The zero-order valence-electron chi connectivity index (χ0n) is 15.6. The number of hydrogen-bond acceptors (Lipinski definition) is 6. The van der Waals surface area contributed by atoms with E-state index in [1.54, 1.807) is 7.11 Å². The number of carbonyl (C=O) groups excluding carboxylic acids is 1. The number of hydrogen-bond donors (Lipinski definition) is 2. The van der Waals surface area contributed by atoms with Crippen molar-refractivity contribution >= 4 is 18.3 Å². The predicted octanol–water partition coefficient (Wildman–Crippen LogP) is 1.75. The predicted molar refractivity (Wildman–Crippen MR) is 104 cm³/mol. The van der Waals surface area contributed by atoms with Crippen LogP contribution >= 0.6 is 12.4 Å². The molecule has 0 unspecified atom stereocenters. The third kappa shape index (κ3) is 5.33. The molecule has 8 nitrogen and oxygen atoms in total. The maximum Gasteiger partial charge on any atom is 0.273 e. The number of methoxy groups -OCH3 is 1. The zero-order valence-corrected chi connectivity index (χ0v) is 16.4. The Morgan fingerprint density at radius 2 is 1.93 bits per heavy atom. The molecule has 1 aromatic carbocycles. The second-order valence-corrected chi connectivity index (χ2v) is 6.23. The second-order valence-electron chi connectivity index (χ2n) is 6.23. The molecule has 27 heavy (non-hydrogen) atoms. The molecule has 1 saturated heterocycles. The number of nitrogens with zero attached hydrogens (tertiary/aromatic N) is 3. The summed E-state index contributed by atoms with van der Waals surface area (Å²) in [5.74, 6) is 1.28. The molecule has 1 aromatic heterocycles. The van der Waals surface area contributed by atoms with Crippen LogP contribution in [0.2, 0.25) is 0 Å². The SMILES string of the molecule is COc1ccc(OCCNC(=O)c2nnn(C3CCNCC3)c2C)cc1.Cl. The van der Waals surface area contributed by atoms with Crippen molar-refractivity contribution in [2.45, 2.75) is 25.8 Å². The molecule has 0 aliphatic carbocycles. The van der Waals surface area contributed by atoms with Crippen molar-refractivity contribution in [2.24, 2.45) is 0 Å². The topological polar surface area (TPSA) is 90.3 Å². The van der Waals surface area contributed by atoms with Crippen LogP contribution in [0.4, 0.5) is 0 Å². The Hall–Kier alpha value is -2.32. The monoisotopic (exact) mass is 395 g/mol. The lowest BCUT2D eigenvalue weighted by Gasteiger charge is -2.23. The fraction of sp³-hybridized carbons (Fsp3) is 0.500. The van der Waals surface area contributed by atoms with Crippen LogP contribution < -0.4 is 20.1 Å². The molecule has 9 heteroatoms. The number of rotatable bonds is 7. The summed E-state index contributed by atoms with van der Waals surface area (Å²) in [5.41, 5.74) is 1.19. The van der Waals surface area contributed by atoms with Gasteiger partial charge in [0, 0.05) is 0 Å². The van der Waals surface area contributed by atoms with Gasteiger partial charge in [-0.3, -0.25) is 4.79 Å². The largest absolute Gasteiger partial charge is 0.497 e. The number of carbonyl (C=O) groups is 1. The summed E-state index contributed by atoms with van der Waals surface area (Å²) in [6.07, 6.45) is 2.00. The van der Waals surface area contributed by atoms with Gasteiger partial charge in [-0.1, -0.05) is 5.21 Å². The lowest BCUT2D eigenvalue weighted by atomic mass is 10.1. The smallest absolute Gasteiger partial charge is 0.273 e. The van der Waals surface area contributed by atoms with Crippen molar-refractivity contribution in [1.82, 2.24) is 25.6 Å². The van der Waals surface area contributed by atoms with Gasteiger partial charge in [0.1, 0.15) is 18.1 Å². The van der Waals surface area contributed by atoms with E-state index in [9.17, 15) is 4.79 Å². The summed E-state index contributed by atoms with van der Waals surface area (Å²) in [7, 11) is 1.62. The third-order valence-corrected chi connectivity index (χ3v) is 4.51. The first-order valence-electron chi connectivity index (χ1n) is 8.86. The van der Waals surface area contributed by atoms with Crippen LogP contribution in [0.15, 0.2) is 24.3 Å². The van der Waals surface area contributed by atoms with Crippen LogP contribution in [0.3, 0.4) is 0 Å². The van der Waals surface area contributed by atoms with Gasteiger partial charge in [0.25, 0.3) is 5.91 Å². The minimum atomic E-state index is -0.221. The molecule has 1 aliphatic rings. The van der Waals surface area contributed by atoms with Crippen LogP contribution in [-0.2, 0) is 0 Å². The van der Waals surface area contributed by atoms with E-state index in [1.165, 1.54) is 0 Å². The molecule has 0 atom stereocenters. The fourth-order valence-electron chi connectivity index (χ4n) is 3.04. The Bertz CT molecular complexity index is 729. The van der Waals surface area contributed by atoms with E-state index in [0.717, 1.165) is 43.1 Å². The van der Waals surface area contributed by atoms with Crippen molar-refractivity contribution in [2.75, 3.05) is 33.4 Å². The Labute approximate surface area is 165 Å². The van der Waals surface area contributed by atoms with Gasteiger partial charge in [-0.2, -0.15) is 0 Å². The van der Waals surface area contributed by atoms with Crippen molar-refractivity contribution in [1.29, 1.82) is 0 Å². The molecule has 0 bridgehead atoms. The molecule has 2 heterocycles. The Kier molecular flexibility index (Phi) is 7.87. The summed E-state index contributed by atoms with van der Waals surface area (Å²) in [5, 5.41) is 14.4. The van der Waals surface area contributed by atoms with Crippen molar-refractivity contribution < 1.29 is 14.3 Å². The van der Waals surface area contributed by atoms with Gasteiger partial charge < -0.3 is 20.1 Å². The van der Waals surface area contributed by atoms with Crippen molar-refractivity contribution in [3.63, 3.8) is 0 Å². The first-order valence-corrected chi connectivity index (χ1v) is 8.86. The quantitative estimate of drug-likeness (QED) is 0.694. The molecule has 2 aromatic rings. The number of halogens is 1.